The second kappa shape index (κ2) is 6.76. The number of hydrogen-bond acceptors (Lipinski definition) is 3. The van der Waals surface area contributed by atoms with Crippen LogP contribution in [-0.2, 0) is 4.79 Å². The molecule has 0 unspecified atom stereocenters. The Morgan fingerprint density at radius 2 is 1.94 bits per heavy atom. The van der Waals surface area contributed by atoms with Crippen molar-refractivity contribution in [2.75, 3.05) is 6.54 Å². The van der Waals surface area contributed by atoms with Gasteiger partial charge in [-0.2, -0.15) is 5.10 Å². The van der Waals surface area contributed by atoms with Crippen LogP contribution in [0.15, 0.2) is 29.4 Å². The molecule has 18 heavy (non-hydrogen) atoms. The largest absolute Gasteiger partial charge is 0.351 e. The standard InChI is InChI=1S/C12H14ClN3O2/c1-8(7-14-9(2)17)15-16-12(18)10-5-3-4-6-11(10)13/h3-6H,7H2,1-2H3,(H,14,17)(H,16,18). The summed E-state index contributed by atoms with van der Waals surface area (Å²) < 4.78 is 0. The van der Waals surface area contributed by atoms with Crippen molar-refractivity contribution in [3.63, 3.8) is 0 Å². The SMILES string of the molecule is CC(=O)NCC(C)=NNC(=O)c1ccccc1Cl. The molecule has 0 atom stereocenters. The van der Waals surface area contributed by atoms with Crippen molar-refractivity contribution in [3.05, 3.63) is 34.9 Å². The van der Waals surface area contributed by atoms with Gasteiger partial charge in [0.05, 0.1) is 22.8 Å². The highest BCUT2D eigenvalue weighted by Crippen LogP contribution is 2.14. The Hall–Kier alpha value is -1.88. The van der Waals surface area contributed by atoms with E-state index in [1.807, 2.05) is 0 Å². The third-order valence-electron chi connectivity index (χ3n) is 2.06. The Bertz CT molecular complexity index is 486. The number of hydrazone groups is 1. The zero-order valence-electron chi connectivity index (χ0n) is 10.2. The van der Waals surface area contributed by atoms with Crippen molar-refractivity contribution >= 4 is 29.1 Å². The summed E-state index contributed by atoms with van der Waals surface area (Å²) in [6, 6.07) is 6.69. The number of carbonyl (C=O) groups is 2. The van der Waals surface area contributed by atoms with E-state index in [-0.39, 0.29) is 18.4 Å². The van der Waals surface area contributed by atoms with E-state index in [0.717, 1.165) is 0 Å². The first kappa shape index (κ1) is 14.2. The van der Waals surface area contributed by atoms with Gasteiger partial charge in [0.15, 0.2) is 0 Å². The second-order valence-electron chi connectivity index (χ2n) is 3.68. The van der Waals surface area contributed by atoms with Gasteiger partial charge >= 0.3 is 0 Å². The topological polar surface area (TPSA) is 70.6 Å². The molecule has 0 spiro atoms. The van der Waals surface area contributed by atoms with E-state index in [9.17, 15) is 9.59 Å². The number of carbonyl (C=O) groups excluding carboxylic acids is 2. The summed E-state index contributed by atoms with van der Waals surface area (Å²) in [6.45, 7) is 3.40. The van der Waals surface area contributed by atoms with Crippen LogP contribution in [0.3, 0.4) is 0 Å². The minimum Gasteiger partial charge on any atom is -0.351 e. The number of nitrogens with zero attached hydrogens (tertiary/aromatic N) is 1. The quantitative estimate of drug-likeness (QED) is 0.642. The van der Waals surface area contributed by atoms with Crippen LogP contribution in [0.25, 0.3) is 0 Å². The second-order valence-corrected chi connectivity index (χ2v) is 4.08. The van der Waals surface area contributed by atoms with Crippen LogP contribution < -0.4 is 10.7 Å². The monoisotopic (exact) mass is 267 g/mol. The highest BCUT2D eigenvalue weighted by atomic mass is 35.5. The van der Waals surface area contributed by atoms with Gasteiger partial charge in [-0.25, -0.2) is 5.43 Å². The molecule has 0 aliphatic rings. The van der Waals surface area contributed by atoms with Gasteiger partial charge in [0, 0.05) is 6.92 Å². The van der Waals surface area contributed by atoms with Crippen LogP contribution >= 0.6 is 11.6 Å². The van der Waals surface area contributed by atoms with E-state index >= 15 is 0 Å². The Balaban J connectivity index is 2.58. The number of benzene rings is 1. The average Bonchev–Trinajstić information content (AvgIpc) is 2.34. The molecule has 0 fully saturated rings. The molecular weight excluding hydrogens is 254 g/mol. The summed E-state index contributed by atoms with van der Waals surface area (Å²) in [4.78, 5) is 22.4. The van der Waals surface area contributed by atoms with Gasteiger partial charge in [0.2, 0.25) is 5.91 Å². The van der Waals surface area contributed by atoms with Crippen molar-refractivity contribution in [3.8, 4) is 0 Å². The molecule has 0 aromatic heterocycles. The molecule has 0 heterocycles. The molecule has 6 heteroatoms. The maximum atomic E-state index is 11.7. The first-order valence-electron chi connectivity index (χ1n) is 5.33. The van der Waals surface area contributed by atoms with Gasteiger partial charge in [0.1, 0.15) is 0 Å². The lowest BCUT2D eigenvalue weighted by atomic mass is 10.2. The van der Waals surface area contributed by atoms with Gasteiger partial charge in [-0.15, -0.1) is 0 Å². The van der Waals surface area contributed by atoms with Crippen LogP contribution in [0.2, 0.25) is 5.02 Å². The van der Waals surface area contributed by atoms with Crippen LogP contribution in [0.1, 0.15) is 24.2 Å². The minimum atomic E-state index is -0.386. The van der Waals surface area contributed by atoms with Gasteiger partial charge in [0.25, 0.3) is 5.91 Å². The molecule has 0 aliphatic heterocycles. The molecule has 5 nitrogen and oxygen atoms in total. The molecule has 2 amide bonds. The summed E-state index contributed by atoms with van der Waals surface area (Å²) >= 11 is 5.87. The zero-order valence-corrected chi connectivity index (χ0v) is 10.9. The molecule has 0 bridgehead atoms. The van der Waals surface area contributed by atoms with E-state index in [1.54, 1.807) is 31.2 Å². The van der Waals surface area contributed by atoms with Crippen LogP contribution in [-0.4, -0.2) is 24.1 Å². The normalized spacial score (nSPS) is 10.9. The smallest absolute Gasteiger partial charge is 0.272 e. The van der Waals surface area contributed by atoms with Gasteiger partial charge in [-0.05, 0) is 19.1 Å². The molecule has 96 valence electrons. The van der Waals surface area contributed by atoms with E-state index in [0.29, 0.717) is 16.3 Å². The molecule has 1 aromatic carbocycles. The molecule has 0 radical (unpaired) electrons. The lowest BCUT2D eigenvalue weighted by Crippen LogP contribution is -2.28. The van der Waals surface area contributed by atoms with Crippen LogP contribution in [0.4, 0.5) is 0 Å². The molecule has 1 rings (SSSR count). The van der Waals surface area contributed by atoms with E-state index < -0.39 is 0 Å². The maximum absolute atomic E-state index is 11.7. The molecule has 1 aromatic rings. The molecular formula is C12H14ClN3O2. The lowest BCUT2D eigenvalue weighted by Gasteiger charge is -2.04. The average molecular weight is 268 g/mol. The summed E-state index contributed by atoms with van der Waals surface area (Å²) in [5.41, 5.74) is 3.32. The molecule has 2 N–H and O–H groups in total. The third kappa shape index (κ3) is 4.55. The fourth-order valence-electron chi connectivity index (χ4n) is 1.14. The van der Waals surface area contributed by atoms with Crippen LogP contribution in [0.5, 0.6) is 0 Å². The minimum absolute atomic E-state index is 0.151. The van der Waals surface area contributed by atoms with Crippen LogP contribution in [0, 0.1) is 0 Å². The molecule has 0 aliphatic carbocycles. The number of rotatable bonds is 4. The summed E-state index contributed by atoms with van der Waals surface area (Å²) in [7, 11) is 0. The number of halogens is 1. The van der Waals surface area contributed by atoms with Crippen molar-refractivity contribution in [1.29, 1.82) is 0 Å². The van der Waals surface area contributed by atoms with Gasteiger partial charge in [-0.3, -0.25) is 9.59 Å². The van der Waals surface area contributed by atoms with E-state index in [2.05, 4.69) is 15.8 Å². The molecule has 0 saturated heterocycles. The highest BCUT2D eigenvalue weighted by Gasteiger charge is 2.08. The highest BCUT2D eigenvalue weighted by molar-refractivity contribution is 6.33. The first-order chi connectivity index (χ1) is 8.50. The predicted octanol–water partition coefficient (Wildman–Crippen LogP) is 1.58. The van der Waals surface area contributed by atoms with E-state index in [1.165, 1.54) is 6.92 Å². The zero-order chi connectivity index (χ0) is 13.5. The van der Waals surface area contributed by atoms with E-state index in [4.69, 9.17) is 11.6 Å². The fraction of sp³-hybridized carbons (Fsp3) is 0.250. The lowest BCUT2D eigenvalue weighted by molar-refractivity contribution is -0.118. The number of hydrogen-bond donors (Lipinski definition) is 2. The van der Waals surface area contributed by atoms with Crippen molar-refractivity contribution in [2.24, 2.45) is 5.10 Å². The van der Waals surface area contributed by atoms with Gasteiger partial charge < -0.3 is 5.32 Å². The first-order valence-corrected chi connectivity index (χ1v) is 5.71. The Labute approximate surface area is 110 Å². The summed E-state index contributed by atoms with van der Waals surface area (Å²) in [6.07, 6.45) is 0. The van der Waals surface area contributed by atoms with Crippen molar-refractivity contribution in [1.82, 2.24) is 10.7 Å². The number of amides is 2. The Morgan fingerprint density at radius 1 is 1.28 bits per heavy atom. The van der Waals surface area contributed by atoms with Crippen molar-refractivity contribution < 1.29 is 9.59 Å². The predicted molar refractivity (Wildman–Crippen MR) is 70.7 cm³/mol. The third-order valence-corrected chi connectivity index (χ3v) is 2.39. The fourth-order valence-corrected chi connectivity index (χ4v) is 1.37. The summed E-state index contributed by atoms with van der Waals surface area (Å²) in [5.74, 6) is -0.537. The maximum Gasteiger partial charge on any atom is 0.272 e. The Morgan fingerprint density at radius 3 is 2.56 bits per heavy atom. The molecule has 0 saturated carbocycles. The summed E-state index contributed by atoms with van der Waals surface area (Å²) in [5, 5.41) is 6.80. The number of nitrogens with one attached hydrogen (secondary N) is 2. The van der Waals surface area contributed by atoms with Crippen molar-refractivity contribution in [2.45, 2.75) is 13.8 Å². The Kier molecular flexibility index (Phi) is 5.32. The van der Waals surface area contributed by atoms with Gasteiger partial charge in [-0.1, -0.05) is 23.7 Å².